The molecule has 0 fully saturated rings. The Morgan fingerprint density at radius 3 is 2.24 bits per heavy atom. The fraction of sp³-hybridized carbons (Fsp3) is 0.188. The first-order valence-electron chi connectivity index (χ1n) is 6.35. The largest absolute Gasteiger partial charge is 0.337 e. The summed E-state index contributed by atoms with van der Waals surface area (Å²) < 4.78 is 0. The van der Waals surface area contributed by atoms with Crippen molar-refractivity contribution in [2.24, 2.45) is 0 Å². The summed E-state index contributed by atoms with van der Waals surface area (Å²) in [5.74, 6) is -0.0257. The van der Waals surface area contributed by atoms with Gasteiger partial charge in [0.1, 0.15) is 0 Å². The van der Waals surface area contributed by atoms with Gasteiger partial charge in [-0.15, -0.1) is 0 Å². The Kier molecular flexibility index (Phi) is 5.68. The minimum atomic E-state index is -0.0257. The number of amides is 1. The van der Waals surface area contributed by atoms with Gasteiger partial charge < -0.3 is 4.90 Å². The van der Waals surface area contributed by atoms with E-state index in [1.807, 2.05) is 30.3 Å². The maximum atomic E-state index is 12.4. The Hall–Kier alpha value is -1.03. The highest BCUT2D eigenvalue weighted by molar-refractivity contribution is 9.08. The molecule has 0 saturated carbocycles. The predicted molar refractivity (Wildman–Crippen MR) is 91.3 cm³/mol. The topological polar surface area (TPSA) is 20.3 Å². The molecule has 0 aromatic heterocycles. The Labute approximate surface area is 142 Å². The molecule has 0 atom stereocenters. The fourth-order valence-corrected chi connectivity index (χ4v) is 2.63. The van der Waals surface area contributed by atoms with Crippen molar-refractivity contribution < 1.29 is 4.79 Å². The minimum absolute atomic E-state index is 0.0257. The molecule has 110 valence electrons. The van der Waals surface area contributed by atoms with E-state index in [1.54, 1.807) is 24.1 Å². The van der Waals surface area contributed by atoms with Crippen molar-refractivity contribution in [3.63, 3.8) is 0 Å². The van der Waals surface area contributed by atoms with Crippen LogP contribution in [-0.2, 0) is 11.9 Å². The molecule has 0 aliphatic carbocycles. The van der Waals surface area contributed by atoms with E-state index in [9.17, 15) is 4.79 Å². The van der Waals surface area contributed by atoms with Crippen LogP contribution in [0.4, 0.5) is 0 Å². The number of nitrogens with zero attached hydrogens (tertiary/aromatic N) is 1. The number of rotatable bonds is 4. The van der Waals surface area contributed by atoms with Gasteiger partial charge >= 0.3 is 0 Å². The SMILES string of the molecule is CN(Cc1ccc(Cl)c(Cl)c1)C(=O)c1ccc(CBr)cc1. The van der Waals surface area contributed by atoms with Gasteiger partial charge in [-0.05, 0) is 35.4 Å². The average molecular weight is 387 g/mol. The van der Waals surface area contributed by atoms with E-state index in [1.165, 1.54) is 0 Å². The van der Waals surface area contributed by atoms with Crippen LogP contribution in [0.25, 0.3) is 0 Å². The van der Waals surface area contributed by atoms with Crippen LogP contribution in [0.2, 0.25) is 10.0 Å². The molecular formula is C16H14BrCl2NO. The summed E-state index contributed by atoms with van der Waals surface area (Å²) in [7, 11) is 1.77. The first-order valence-corrected chi connectivity index (χ1v) is 8.23. The van der Waals surface area contributed by atoms with Gasteiger partial charge in [0.05, 0.1) is 10.0 Å². The zero-order valence-electron chi connectivity index (χ0n) is 11.4. The molecule has 2 nitrogen and oxygen atoms in total. The third kappa shape index (κ3) is 4.22. The van der Waals surface area contributed by atoms with Gasteiger partial charge in [-0.3, -0.25) is 4.79 Å². The van der Waals surface area contributed by atoms with Crippen molar-refractivity contribution in [2.75, 3.05) is 7.05 Å². The Morgan fingerprint density at radius 2 is 1.67 bits per heavy atom. The van der Waals surface area contributed by atoms with E-state index in [-0.39, 0.29) is 5.91 Å². The van der Waals surface area contributed by atoms with Crippen LogP contribution in [-0.4, -0.2) is 17.9 Å². The van der Waals surface area contributed by atoms with Crippen LogP contribution in [0, 0.1) is 0 Å². The van der Waals surface area contributed by atoms with Crippen LogP contribution in [0.15, 0.2) is 42.5 Å². The second kappa shape index (κ2) is 7.30. The lowest BCUT2D eigenvalue weighted by atomic mass is 10.1. The van der Waals surface area contributed by atoms with Crippen molar-refractivity contribution in [3.05, 3.63) is 69.2 Å². The standard InChI is InChI=1S/C16H14BrCl2NO/c1-20(10-12-4-7-14(18)15(19)8-12)16(21)13-5-2-11(9-17)3-6-13/h2-8H,9-10H2,1H3. The maximum absolute atomic E-state index is 12.4. The summed E-state index contributed by atoms with van der Waals surface area (Å²) in [5, 5.41) is 1.79. The third-order valence-electron chi connectivity index (χ3n) is 3.11. The number of hydrogen-bond acceptors (Lipinski definition) is 1. The van der Waals surface area contributed by atoms with E-state index >= 15 is 0 Å². The van der Waals surface area contributed by atoms with E-state index < -0.39 is 0 Å². The van der Waals surface area contributed by atoms with Crippen LogP contribution in [0.3, 0.4) is 0 Å². The van der Waals surface area contributed by atoms with Crippen LogP contribution in [0.5, 0.6) is 0 Å². The molecule has 21 heavy (non-hydrogen) atoms. The molecule has 0 N–H and O–H groups in total. The van der Waals surface area contributed by atoms with Gasteiger partial charge in [0, 0.05) is 24.5 Å². The first-order chi connectivity index (χ1) is 10.0. The molecule has 0 aliphatic heterocycles. The van der Waals surface area contributed by atoms with Gasteiger partial charge in [0.15, 0.2) is 0 Å². The van der Waals surface area contributed by atoms with Crippen molar-refractivity contribution in [1.82, 2.24) is 4.90 Å². The molecule has 0 aliphatic rings. The highest BCUT2D eigenvalue weighted by atomic mass is 79.9. The average Bonchev–Trinajstić information content (AvgIpc) is 2.50. The summed E-state index contributed by atoms with van der Waals surface area (Å²) in [6.45, 7) is 0.482. The molecule has 0 saturated heterocycles. The number of halogens is 3. The van der Waals surface area contributed by atoms with E-state index in [4.69, 9.17) is 23.2 Å². The molecule has 2 aromatic rings. The normalized spacial score (nSPS) is 10.5. The number of carbonyl (C=O) groups is 1. The Morgan fingerprint density at radius 1 is 1.05 bits per heavy atom. The third-order valence-corrected chi connectivity index (χ3v) is 4.49. The Balaban J connectivity index is 2.09. The van der Waals surface area contributed by atoms with Gasteiger partial charge in [-0.1, -0.05) is 57.3 Å². The molecule has 0 heterocycles. The zero-order chi connectivity index (χ0) is 15.4. The van der Waals surface area contributed by atoms with Crippen LogP contribution in [0.1, 0.15) is 21.5 Å². The van der Waals surface area contributed by atoms with Crippen molar-refractivity contribution in [3.8, 4) is 0 Å². The summed E-state index contributed by atoms with van der Waals surface area (Å²) in [6, 6.07) is 12.9. The van der Waals surface area contributed by atoms with E-state index in [0.717, 1.165) is 16.5 Å². The maximum Gasteiger partial charge on any atom is 0.253 e. The Bertz CT molecular complexity index is 643. The van der Waals surface area contributed by atoms with E-state index in [2.05, 4.69) is 15.9 Å². The summed E-state index contributed by atoms with van der Waals surface area (Å²) >= 11 is 15.3. The zero-order valence-corrected chi connectivity index (χ0v) is 14.5. The molecule has 0 bridgehead atoms. The molecule has 1 amide bonds. The van der Waals surface area contributed by atoms with Crippen LogP contribution >= 0.6 is 39.1 Å². The molecule has 5 heteroatoms. The number of benzene rings is 2. The van der Waals surface area contributed by atoms with Gasteiger partial charge in [-0.2, -0.15) is 0 Å². The quantitative estimate of drug-likeness (QED) is 0.664. The molecular weight excluding hydrogens is 373 g/mol. The highest BCUT2D eigenvalue weighted by Crippen LogP contribution is 2.23. The lowest BCUT2D eigenvalue weighted by Crippen LogP contribution is -2.26. The van der Waals surface area contributed by atoms with E-state index in [0.29, 0.717) is 22.2 Å². The fourth-order valence-electron chi connectivity index (χ4n) is 1.94. The number of carbonyl (C=O) groups excluding carboxylic acids is 1. The predicted octanol–water partition coefficient (Wildman–Crippen LogP) is 5.16. The van der Waals surface area contributed by atoms with Gasteiger partial charge in [0.2, 0.25) is 0 Å². The van der Waals surface area contributed by atoms with Crippen molar-refractivity contribution in [2.45, 2.75) is 11.9 Å². The second-order valence-electron chi connectivity index (χ2n) is 4.74. The van der Waals surface area contributed by atoms with Gasteiger partial charge in [0.25, 0.3) is 5.91 Å². The molecule has 0 radical (unpaired) electrons. The summed E-state index contributed by atoms with van der Waals surface area (Å²) in [4.78, 5) is 14.0. The molecule has 2 aromatic carbocycles. The number of hydrogen-bond donors (Lipinski definition) is 0. The molecule has 0 spiro atoms. The molecule has 0 unspecified atom stereocenters. The number of alkyl halides is 1. The van der Waals surface area contributed by atoms with Crippen LogP contribution < -0.4 is 0 Å². The summed E-state index contributed by atoms with van der Waals surface area (Å²) in [5.41, 5.74) is 2.75. The van der Waals surface area contributed by atoms with Gasteiger partial charge in [-0.25, -0.2) is 0 Å². The lowest BCUT2D eigenvalue weighted by molar-refractivity contribution is 0.0785. The van der Waals surface area contributed by atoms with Crippen molar-refractivity contribution >= 4 is 45.0 Å². The van der Waals surface area contributed by atoms with Crippen molar-refractivity contribution in [1.29, 1.82) is 0 Å². The monoisotopic (exact) mass is 385 g/mol. The minimum Gasteiger partial charge on any atom is -0.337 e. The summed E-state index contributed by atoms with van der Waals surface area (Å²) in [6.07, 6.45) is 0. The molecule has 2 rings (SSSR count). The second-order valence-corrected chi connectivity index (χ2v) is 6.12. The smallest absolute Gasteiger partial charge is 0.253 e. The highest BCUT2D eigenvalue weighted by Gasteiger charge is 2.12. The lowest BCUT2D eigenvalue weighted by Gasteiger charge is -2.18. The first kappa shape index (κ1) is 16.3.